The number of carbonyl (C=O) groups is 1. The molecule has 2 N–H and O–H groups in total. The third kappa shape index (κ3) is 6.27. The van der Waals surface area contributed by atoms with Crippen LogP contribution < -0.4 is 14.8 Å². The summed E-state index contributed by atoms with van der Waals surface area (Å²) < 4.78 is 33.3. The molecule has 0 aliphatic carbocycles. The minimum Gasteiger partial charge on any atom is -0.495 e. The third-order valence-electron chi connectivity index (χ3n) is 4.80. The molecule has 3 aromatic rings. The second-order valence-corrected chi connectivity index (χ2v) is 9.97. The molecule has 0 atom stereocenters. The van der Waals surface area contributed by atoms with Crippen LogP contribution in [0.5, 0.6) is 5.75 Å². The molecule has 0 bridgehead atoms. The van der Waals surface area contributed by atoms with Crippen molar-refractivity contribution in [3.05, 3.63) is 83.4 Å². The Kier molecular flexibility index (Phi) is 7.82. The lowest BCUT2D eigenvalue weighted by Gasteiger charge is -2.13. The van der Waals surface area contributed by atoms with Crippen LogP contribution in [0, 0.1) is 13.8 Å². The fraction of sp³-hybridized carbons (Fsp3) is 0.208. The van der Waals surface area contributed by atoms with Gasteiger partial charge in [0, 0.05) is 11.4 Å². The van der Waals surface area contributed by atoms with Crippen LogP contribution in [0.3, 0.4) is 0 Å². The lowest BCUT2D eigenvalue weighted by atomic mass is 10.1. The second kappa shape index (κ2) is 10.6. The molecule has 3 aromatic carbocycles. The van der Waals surface area contributed by atoms with Crippen molar-refractivity contribution in [2.75, 3.05) is 22.9 Å². The summed E-state index contributed by atoms with van der Waals surface area (Å²) in [6.07, 6.45) is 0. The first-order valence-corrected chi connectivity index (χ1v) is 12.6. The smallest absolute Gasteiger partial charge is 0.262 e. The van der Waals surface area contributed by atoms with Crippen molar-refractivity contribution in [3.8, 4) is 5.75 Å². The molecule has 0 aliphatic heterocycles. The lowest BCUT2D eigenvalue weighted by Crippen LogP contribution is -2.15. The van der Waals surface area contributed by atoms with Crippen molar-refractivity contribution in [2.24, 2.45) is 0 Å². The summed E-state index contributed by atoms with van der Waals surface area (Å²) in [6.45, 7) is 3.92. The molecule has 0 unspecified atom stereocenters. The molecular weight excluding hydrogens is 444 g/mol. The number of anilines is 2. The number of methoxy groups -OCH3 is 1. The number of hydrogen-bond donors (Lipinski definition) is 2. The summed E-state index contributed by atoms with van der Waals surface area (Å²) in [5.41, 5.74) is 4.22. The molecule has 168 valence electrons. The van der Waals surface area contributed by atoms with Gasteiger partial charge in [0.05, 0.1) is 23.4 Å². The Bertz CT molecular complexity index is 1190. The molecular formula is C24H26N2O4S2. The Morgan fingerprint density at radius 3 is 2.41 bits per heavy atom. The van der Waals surface area contributed by atoms with Crippen molar-refractivity contribution in [2.45, 2.75) is 24.5 Å². The summed E-state index contributed by atoms with van der Waals surface area (Å²) in [5, 5.41) is 2.80. The van der Waals surface area contributed by atoms with Crippen molar-refractivity contribution in [1.29, 1.82) is 0 Å². The number of rotatable bonds is 9. The van der Waals surface area contributed by atoms with Crippen LogP contribution in [0.25, 0.3) is 0 Å². The van der Waals surface area contributed by atoms with Crippen molar-refractivity contribution in [1.82, 2.24) is 0 Å². The van der Waals surface area contributed by atoms with Gasteiger partial charge < -0.3 is 10.1 Å². The van der Waals surface area contributed by atoms with Gasteiger partial charge in [-0.2, -0.15) is 0 Å². The van der Waals surface area contributed by atoms with Gasteiger partial charge in [0.1, 0.15) is 5.75 Å². The van der Waals surface area contributed by atoms with Gasteiger partial charge in [0.25, 0.3) is 10.0 Å². The average molecular weight is 471 g/mol. The minimum atomic E-state index is -3.80. The average Bonchev–Trinajstić information content (AvgIpc) is 2.75. The fourth-order valence-corrected chi connectivity index (χ4v) is 5.01. The highest BCUT2D eigenvalue weighted by Gasteiger charge is 2.17. The number of ether oxygens (including phenoxy) is 1. The second-order valence-electron chi connectivity index (χ2n) is 7.30. The molecule has 0 aliphatic rings. The van der Waals surface area contributed by atoms with Gasteiger partial charge in [-0.05, 0) is 66.9 Å². The summed E-state index contributed by atoms with van der Waals surface area (Å²) in [5.74, 6) is 1.36. The summed E-state index contributed by atoms with van der Waals surface area (Å²) in [7, 11) is -2.32. The maximum Gasteiger partial charge on any atom is 0.262 e. The van der Waals surface area contributed by atoms with E-state index in [4.69, 9.17) is 4.74 Å². The number of nitrogens with one attached hydrogen (secondary N) is 2. The number of hydrogen-bond acceptors (Lipinski definition) is 5. The molecule has 0 spiro atoms. The van der Waals surface area contributed by atoms with Gasteiger partial charge in [-0.1, -0.05) is 30.3 Å². The standard InChI is InChI=1S/C24H26N2O4S2/c1-17-8-13-23(30-3)22(14-17)26-32(28,29)21-11-9-20(10-12-21)25-24(27)16-31-15-19-7-5-4-6-18(19)2/h4-14,26H,15-16H2,1-3H3,(H,25,27). The van der Waals surface area contributed by atoms with Gasteiger partial charge in [-0.25, -0.2) is 8.42 Å². The Labute approximate surface area is 193 Å². The molecule has 3 rings (SSSR count). The molecule has 0 saturated carbocycles. The molecule has 0 radical (unpaired) electrons. The van der Waals surface area contributed by atoms with Crippen molar-refractivity contribution in [3.63, 3.8) is 0 Å². The van der Waals surface area contributed by atoms with Crippen molar-refractivity contribution < 1.29 is 17.9 Å². The molecule has 0 heterocycles. The van der Waals surface area contributed by atoms with E-state index in [-0.39, 0.29) is 10.8 Å². The summed E-state index contributed by atoms with van der Waals surface area (Å²) in [6, 6.07) is 19.4. The zero-order valence-corrected chi connectivity index (χ0v) is 19.8. The Morgan fingerprint density at radius 2 is 1.72 bits per heavy atom. The van der Waals surface area contributed by atoms with Crippen LogP contribution in [0.4, 0.5) is 11.4 Å². The number of carbonyl (C=O) groups excluding carboxylic acids is 1. The third-order valence-corrected chi connectivity index (χ3v) is 7.16. The van der Waals surface area contributed by atoms with Crippen LogP contribution in [0.15, 0.2) is 71.6 Å². The molecule has 6 nitrogen and oxygen atoms in total. The Hall–Kier alpha value is -2.97. The van der Waals surface area contributed by atoms with E-state index in [1.807, 2.05) is 25.1 Å². The molecule has 8 heteroatoms. The maximum absolute atomic E-state index is 12.8. The SMILES string of the molecule is COc1ccc(C)cc1NS(=O)(=O)c1ccc(NC(=O)CSCc2ccccc2C)cc1. The monoisotopic (exact) mass is 470 g/mol. The predicted octanol–water partition coefficient (Wildman–Crippen LogP) is 4.98. The summed E-state index contributed by atoms with van der Waals surface area (Å²) >= 11 is 1.53. The topological polar surface area (TPSA) is 84.5 Å². The number of sulfonamides is 1. The molecule has 0 saturated heterocycles. The lowest BCUT2D eigenvalue weighted by molar-refractivity contribution is -0.113. The van der Waals surface area contributed by atoms with Crippen molar-refractivity contribution >= 4 is 39.1 Å². The first kappa shape index (κ1) is 23.7. The molecule has 1 amide bonds. The zero-order chi connectivity index (χ0) is 23.1. The fourth-order valence-electron chi connectivity index (χ4n) is 3.05. The Morgan fingerprint density at radius 1 is 1.00 bits per heavy atom. The van der Waals surface area contributed by atoms with Crippen LogP contribution >= 0.6 is 11.8 Å². The van der Waals surface area contributed by atoms with Crippen LogP contribution in [-0.2, 0) is 20.6 Å². The zero-order valence-electron chi connectivity index (χ0n) is 18.2. The highest BCUT2D eigenvalue weighted by Crippen LogP contribution is 2.28. The van der Waals surface area contributed by atoms with E-state index < -0.39 is 10.0 Å². The summed E-state index contributed by atoms with van der Waals surface area (Å²) in [4.78, 5) is 12.3. The number of thioether (sulfide) groups is 1. The normalized spacial score (nSPS) is 11.1. The maximum atomic E-state index is 12.8. The Balaban J connectivity index is 1.58. The van der Waals surface area contributed by atoms with E-state index in [1.54, 1.807) is 24.3 Å². The van der Waals surface area contributed by atoms with Gasteiger partial charge >= 0.3 is 0 Å². The van der Waals surface area contributed by atoms with E-state index in [0.717, 1.165) is 11.3 Å². The predicted molar refractivity (Wildman–Crippen MR) is 131 cm³/mol. The van der Waals surface area contributed by atoms with Crippen LogP contribution in [-0.4, -0.2) is 27.2 Å². The van der Waals surface area contributed by atoms with E-state index in [9.17, 15) is 13.2 Å². The first-order chi connectivity index (χ1) is 15.3. The van der Waals surface area contributed by atoms with Gasteiger partial charge in [0.2, 0.25) is 5.91 Å². The number of amides is 1. The highest BCUT2D eigenvalue weighted by molar-refractivity contribution is 7.99. The molecule has 32 heavy (non-hydrogen) atoms. The molecule has 0 fully saturated rings. The van der Waals surface area contributed by atoms with Crippen LogP contribution in [0.1, 0.15) is 16.7 Å². The largest absolute Gasteiger partial charge is 0.495 e. The van der Waals surface area contributed by atoms with E-state index in [0.29, 0.717) is 22.9 Å². The van der Waals surface area contributed by atoms with Crippen LogP contribution in [0.2, 0.25) is 0 Å². The van der Waals surface area contributed by atoms with Gasteiger partial charge in [-0.15, -0.1) is 11.8 Å². The van der Waals surface area contributed by atoms with E-state index in [1.165, 1.54) is 42.1 Å². The molecule has 0 aromatic heterocycles. The highest BCUT2D eigenvalue weighted by atomic mass is 32.2. The van der Waals surface area contributed by atoms with E-state index in [2.05, 4.69) is 29.1 Å². The van der Waals surface area contributed by atoms with Gasteiger partial charge in [0.15, 0.2) is 0 Å². The van der Waals surface area contributed by atoms with Gasteiger partial charge in [-0.3, -0.25) is 9.52 Å². The minimum absolute atomic E-state index is 0.0907. The van der Waals surface area contributed by atoms with E-state index >= 15 is 0 Å². The quantitative estimate of drug-likeness (QED) is 0.461. The number of benzene rings is 3. The number of aryl methyl sites for hydroxylation is 2. The first-order valence-electron chi connectivity index (χ1n) is 9.98.